The smallest absolute Gasteiger partial charge is 0.227 e. The number of hydrogen-bond donors (Lipinski definition) is 2. The molecule has 0 fully saturated rings. The summed E-state index contributed by atoms with van der Waals surface area (Å²) in [4.78, 5) is 28.6. The van der Waals surface area contributed by atoms with E-state index in [1.54, 1.807) is 6.07 Å². The van der Waals surface area contributed by atoms with Gasteiger partial charge in [-0.1, -0.05) is 18.2 Å². The molecule has 0 bridgehead atoms. The van der Waals surface area contributed by atoms with Crippen LogP contribution in [-0.4, -0.2) is 16.8 Å². The van der Waals surface area contributed by atoms with Crippen molar-refractivity contribution in [2.45, 2.75) is 26.2 Å². The Morgan fingerprint density at radius 3 is 2.92 bits per heavy atom. The number of rotatable bonds is 4. The highest BCUT2D eigenvalue weighted by atomic mass is 79.9. The number of hydrogen-bond acceptors (Lipinski definition) is 3. The standard InChI is InChI=1S/C18H18BrN3O2/c1-11-14(19)7-8-16(20-11)22-17(23)9-6-13-10-12-4-2-3-5-15(12)21-18(13)24/h2-5,7-8,13H,6,9-10H2,1H3,(H,21,24)(H,20,22,23)/t13-/m1/s1. The first-order valence-corrected chi connectivity index (χ1v) is 8.64. The average Bonchev–Trinajstić information content (AvgIpc) is 2.56. The van der Waals surface area contributed by atoms with Gasteiger partial charge < -0.3 is 10.6 Å². The molecule has 0 unspecified atom stereocenters. The maximum atomic E-state index is 12.1. The first-order chi connectivity index (χ1) is 11.5. The van der Waals surface area contributed by atoms with Gasteiger partial charge in [-0.3, -0.25) is 9.59 Å². The van der Waals surface area contributed by atoms with Crippen molar-refractivity contribution in [1.82, 2.24) is 4.98 Å². The van der Waals surface area contributed by atoms with Gasteiger partial charge in [-0.2, -0.15) is 0 Å². The van der Waals surface area contributed by atoms with Gasteiger partial charge >= 0.3 is 0 Å². The van der Waals surface area contributed by atoms with E-state index in [0.717, 1.165) is 21.4 Å². The number of fused-ring (bicyclic) bond motifs is 1. The third-order valence-electron chi connectivity index (χ3n) is 4.12. The quantitative estimate of drug-likeness (QED) is 0.840. The molecule has 0 saturated heterocycles. The van der Waals surface area contributed by atoms with E-state index >= 15 is 0 Å². The molecule has 2 heterocycles. The zero-order chi connectivity index (χ0) is 17.1. The monoisotopic (exact) mass is 387 g/mol. The lowest BCUT2D eigenvalue weighted by Gasteiger charge is -2.24. The van der Waals surface area contributed by atoms with Crippen molar-refractivity contribution in [3.05, 3.63) is 52.1 Å². The molecule has 24 heavy (non-hydrogen) atoms. The third-order valence-corrected chi connectivity index (χ3v) is 4.96. The minimum atomic E-state index is -0.176. The number of benzene rings is 1. The Morgan fingerprint density at radius 1 is 1.33 bits per heavy atom. The van der Waals surface area contributed by atoms with Gasteiger partial charge in [-0.25, -0.2) is 4.98 Å². The van der Waals surface area contributed by atoms with Crippen molar-refractivity contribution in [3.8, 4) is 0 Å². The molecule has 124 valence electrons. The van der Waals surface area contributed by atoms with Crippen LogP contribution >= 0.6 is 15.9 Å². The predicted octanol–water partition coefficient (Wildman–Crippen LogP) is 3.68. The van der Waals surface area contributed by atoms with Crippen LogP contribution in [0.1, 0.15) is 24.1 Å². The van der Waals surface area contributed by atoms with E-state index in [4.69, 9.17) is 0 Å². The molecule has 0 aliphatic carbocycles. The molecule has 0 saturated carbocycles. The number of pyridine rings is 1. The van der Waals surface area contributed by atoms with Crippen molar-refractivity contribution >= 4 is 39.2 Å². The number of nitrogens with one attached hydrogen (secondary N) is 2. The van der Waals surface area contributed by atoms with Crippen LogP contribution in [0.25, 0.3) is 0 Å². The highest BCUT2D eigenvalue weighted by molar-refractivity contribution is 9.10. The van der Waals surface area contributed by atoms with E-state index in [2.05, 4.69) is 31.5 Å². The molecule has 2 N–H and O–H groups in total. The molecule has 1 atom stereocenters. The molecule has 2 amide bonds. The normalized spacial score (nSPS) is 16.2. The average molecular weight is 388 g/mol. The zero-order valence-corrected chi connectivity index (χ0v) is 14.9. The first kappa shape index (κ1) is 16.6. The van der Waals surface area contributed by atoms with Crippen LogP contribution in [0.15, 0.2) is 40.9 Å². The van der Waals surface area contributed by atoms with E-state index in [0.29, 0.717) is 18.7 Å². The molecule has 0 spiro atoms. The van der Waals surface area contributed by atoms with E-state index in [1.807, 2.05) is 37.3 Å². The molecule has 3 rings (SSSR count). The first-order valence-electron chi connectivity index (χ1n) is 7.84. The Hall–Kier alpha value is -2.21. The molecule has 1 aliphatic rings. The minimum Gasteiger partial charge on any atom is -0.326 e. The second-order valence-electron chi connectivity index (χ2n) is 5.90. The maximum absolute atomic E-state index is 12.1. The van der Waals surface area contributed by atoms with Crippen molar-refractivity contribution < 1.29 is 9.59 Å². The van der Waals surface area contributed by atoms with Crippen LogP contribution in [0.5, 0.6) is 0 Å². The van der Waals surface area contributed by atoms with Crippen LogP contribution in [-0.2, 0) is 16.0 Å². The SMILES string of the molecule is Cc1nc(NC(=O)CC[C@@H]2Cc3ccccc3NC2=O)ccc1Br. The molecular formula is C18H18BrN3O2. The number of halogens is 1. The van der Waals surface area contributed by atoms with Crippen molar-refractivity contribution in [1.29, 1.82) is 0 Å². The van der Waals surface area contributed by atoms with Crippen molar-refractivity contribution in [3.63, 3.8) is 0 Å². The number of anilines is 2. The van der Waals surface area contributed by atoms with Gasteiger partial charge in [0.25, 0.3) is 0 Å². The second kappa shape index (κ2) is 7.13. The summed E-state index contributed by atoms with van der Waals surface area (Å²) in [7, 11) is 0. The van der Waals surface area contributed by atoms with Crippen LogP contribution in [0.3, 0.4) is 0 Å². The van der Waals surface area contributed by atoms with Gasteiger partial charge in [-0.05, 0) is 59.5 Å². The lowest BCUT2D eigenvalue weighted by Crippen LogP contribution is -2.30. The van der Waals surface area contributed by atoms with Gasteiger partial charge in [0, 0.05) is 22.5 Å². The Bertz CT molecular complexity index is 792. The third kappa shape index (κ3) is 3.82. The molecule has 1 aromatic carbocycles. The Labute approximate surface area is 149 Å². The van der Waals surface area contributed by atoms with Gasteiger partial charge in [-0.15, -0.1) is 0 Å². The molecule has 1 aliphatic heterocycles. The summed E-state index contributed by atoms with van der Waals surface area (Å²) in [5, 5.41) is 5.69. The van der Waals surface area contributed by atoms with Crippen LogP contribution in [0.2, 0.25) is 0 Å². The predicted molar refractivity (Wildman–Crippen MR) is 96.8 cm³/mol. The topological polar surface area (TPSA) is 71.1 Å². The number of aryl methyl sites for hydroxylation is 1. The van der Waals surface area contributed by atoms with Gasteiger partial charge in [0.2, 0.25) is 11.8 Å². The fourth-order valence-corrected chi connectivity index (χ4v) is 2.99. The Morgan fingerprint density at radius 2 is 2.12 bits per heavy atom. The molecule has 2 aromatic rings. The minimum absolute atomic E-state index is 0.0147. The molecule has 0 radical (unpaired) electrons. The summed E-state index contributed by atoms with van der Waals surface area (Å²) in [5.41, 5.74) is 2.81. The molecular weight excluding hydrogens is 370 g/mol. The maximum Gasteiger partial charge on any atom is 0.227 e. The van der Waals surface area contributed by atoms with Gasteiger partial charge in [0.1, 0.15) is 5.82 Å². The summed E-state index contributed by atoms with van der Waals surface area (Å²) >= 11 is 3.38. The summed E-state index contributed by atoms with van der Waals surface area (Å²) in [6, 6.07) is 11.4. The molecule has 1 aromatic heterocycles. The zero-order valence-electron chi connectivity index (χ0n) is 13.3. The number of carbonyl (C=O) groups excluding carboxylic acids is 2. The number of para-hydroxylation sites is 1. The summed E-state index contributed by atoms with van der Waals surface area (Å²) in [5.74, 6) is 0.208. The lowest BCUT2D eigenvalue weighted by molar-refractivity contribution is -0.121. The lowest BCUT2D eigenvalue weighted by atomic mass is 9.89. The Kier molecular flexibility index (Phi) is 4.94. The summed E-state index contributed by atoms with van der Waals surface area (Å²) < 4.78 is 0.901. The number of amides is 2. The van der Waals surface area contributed by atoms with Crippen molar-refractivity contribution in [2.75, 3.05) is 10.6 Å². The molecule has 5 nitrogen and oxygen atoms in total. The fourth-order valence-electron chi connectivity index (χ4n) is 2.77. The number of nitrogens with zero attached hydrogens (tertiary/aromatic N) is 1. The van der Waals surface area contributed by atoms with E-state index in [9.17, 15) is 9.59 Å². The second-order valence-corrected chi connectivity index (χ2v) is 6.75. The highest BCUT2D eigenvalue weighted by Crippen LogP contribution is 2.27. The summed E-state index contributed by atoms with van der Waals surface area (Å²) in [6.07, 6.45) is 1.48. The van der Waals surface area contributed by atoms with E-state index in [-0.39, 0.29) is 24.2 Å². The van der Waals surface area contributed by atoms with Gasteiger partial charge in [0.15, 0.2) is 0 Å². The summed E-state index contributed by atoms with van der Waals surface area (Å²) in [6.45, 7) is 1.86. The number of carbonyl (C=O) groups is 2. The molecule has 6 heteroatoms. The van der Waals surface area contributed by atoms with Crippen molar-refractivity contribution in [2.24, 2.45) is 5.92 Å². The van der Waals surface area contributed by atoms with E-state index < -0.39 is 0 Å². The van der Waals surface area contributed by atoms with Crippen LogP contribution in [0, 0.1) is 12.8 Å². The van der Waals surface area contributed by atoms with E-state index in [1.165, 1.54) is 0 Å². The largest absolute Gasteiger partial charge is 0.326 e. The number of aromatic nitrogens is 1. The van der Waals surface area contributed by atoms with Crippen LogP contribution in [0.4, 0.5) is 11.5 Å². The highest BCUT2D eigenvalue weighted by Gasteiger charge is 2.26. The van der Waals surface area contributed by atoms with Gasteiger partial charge in [0.05, 0.1) is 5.69 Å². The Balaban J connectivity index is 1.56. The van der Waals surface area contributed by atoms with Crippen LogP contribution < -0.4 is 10.6 Å². The fraction of sp³-hybridized carbons (Fsp3) is 0.278.